The lowest BCUT2D eigenvalue weighted by molar-refractivity contribution is -0.136. The molecule has 0 spiro atoms. The molecule has 0 radical (unpaired) electrons. The van der Waals surface area contributed by atoms with Gasteiger partial charge in [0.05, 0.1) is 17.1 Å². The van der Waals surface area contributed by atoms with Crippen LogP contribution < -0.4 is 10.2 Å². The van der Waals surface area contributed by atoms with Crippen LogP contribution in [0.4, 0.5) is 17.3 Å². The third-order valence-corrected chi connectivity index (χ3v) is 8.62. The summed E-state index contributed by atoms with van der Waals surface area (Å²) in [6.07, 6.45) is 7.75. The monoisotopic (exact) mass is 510 g/mol. The standard InChI is InChI=1S/C27H26N8OS/c36-27(35-11-9-34(10-12-35)23-3-1-2-8-28-23)17-4-6-20-22(14-17)37-26-24(20)25(29-16-30-26)32-19-5-7-21-18(13-19)15-31-33-21/h1-3,5,7-8,13,15-17H,4,6,9-12,14H2,(H,31,33)(H,29,30,32). The van der Waals surface area contributed by atoms with Crippen molar-refractivity contribution in [3.8, 4) is 0 Å². The Balaban J connectivity index is 1.08. The summed E-state index contributed by atoms with van der Waals surface area (Å²) in [4.78, 5) is 33.6. The molecule has 1 atom stereocenters. The Morgan fingerprint density at radius 3 is 2.86 bits per heavy atom. The van der Waals surface area contributed by atoms with Crippen LogP contribution >= 0.6 is 11.3 Å². The van der Waals surface area contributed by atoms with Crippen LogP contribution in [0.2, 0.25) is 0 Å². The molecule has 1 amide bonds. The lowest BCUT2D eigenvalue weighted by Crippen LogP contribution is -2.51. The number of aryl methyl sites for hydroxylation is 1. The SMILES string of the molecule is O=C(C1CCc2c(sc3ncnc(Nc4ccc5[nH]ncc5c4)c23)C1)N1CCN(c2ccccn2)CC1. The maximum Gasteiger partial charge on any atom is 0.226 e. The zero-order valence-electron chi connectivity index (χ0n) is 20.2. The highest BCUT2D eigenvalue weighted by molar-refractivity contribution is 7.19. The zero-order chi connectivity index (χ0) is 24.8. The molecule has 10 heteroatoms. The molecule has 1 aliphatic carbocycles. The first kappa shape index (κ1) is 22.2. The smallest absolute Gasteiger partial charge is 0.226 e. The highest BCUT2D eigenvalue weighted by Crippen LogP contribution is 2.41. The highest BCUT2D eigenvalue weighted by atomic mass is 32.1. The number of benzene rings is 1. The normalized spacial score (nSPS) is 17.8. The van der Waals surface area contributed by atoms with Crippen molar-refractivity contribution in [2.75, 3.05) is 36.4 Å². The Labute approximate surface area is 217 Å². The molecule has 1 saturated heterocycles. The summed E-state index contributed by atoms with van der Waals surface area (Å²) < 4.78 is 0. The van der Waals surface area contributed by atoms with E-state index in [1.165, 1.54) is 10.4 Å². The van der Waals surface area contributed by atoms with Crippen LogP contribution in [-0.4, -0.2) is 62.1 Å². The molecular weight excluding hydrogens is 484 g/mol. The van der Waals surface area contributed by atoms with Crippen LogP contribution in [0.5, 0.6) is 0 Å². The Morgan fingerprint density at radius 2 is 2.00 bits per heavy atom. The van der Waals surface area contributed by atoms with Gasteiger partial charge in [-0.2, -0.15) is 5.10 Å². The average Bonchev–Trinajstić information content (AvgIpc) is 3.57. The minimum atomic E-state index is 0.0230. The van der Waals surface area contributed by atoms with E-state index in [2.05, 4.69) is 41.4 Å². The molecule has 7 rings (SSSR count). The lowest BCUT2D eigenvalue weighted by atomic mass is 9.86. The summed E-state index contributed by atoms with van der Waals surface area (Å²) in [7, 11) is 0. The lowest BCUT2D eigenvalue weighted by Gasteiger charge is -2.37. The maximum atomic E-state index is 13.5. The van der Waals surface area contributed by atoms with Gasteiger partial charge >= 0.3 is 0 Å². The minimum Gasteiger partial charge on any atom is -0.353 e. The van der Waals surface area contributed by atoms with Crippen LogP contribution in [-0.2, 0) is 17.6 Å². The highest BCUT2D eigenvalue weighted by Gasteiger charge is 2.33. The first-order chi connectivity index (χ1) is 18.2. The Morgan fingerprint density at radius 1 is 1.08 bits per heavy atom. The predicted molar refractivity (Wildman–Crippen MR) is 145 cm³/mol. The quantitative estimate of drug-likeness (QED) is 0.374. The Hall–Kier alpha value is -4.05. The van der Waals surface area contributed by atoms with Crippen molar-refractivity contribution in [2.24, 2.45) is 5.92 Å². The molecule has 1 aromatic carbocycles. The number of carbonyl (C=O) groups is 1. The molecule has 1 aliphatic heterocycles. The number of piperazine rings is 1. The first-order valence-corrected chi connectivity index (χ1v) is 13.4. The first-order valence-electron chi connectivity index (χ1n) is 12.6. The van der Waals surface area contributed by atoms with Gasteiger partial charge in [0.15, 0.2) is 0 Å². The van der Waals surface area contributed by atoms with Gasteiger partial charge in [-0.05, 0) is 55.2 Å². The van der Waals surface area contributed by atoms with E-state index in [1.54, 1.807) is 17.7 Å². The number of nitrogens with one attached hydrogen (secondary N) is 2. The molecule has 9 nitrogen and oxygen atoms in total. The van der Waals surface area contributed by atoms with Crippen molar-refractivity contribution in [2.45, 2.75) is 19.3 Å². The second kappa shape index (κ2) is 9.11. The largest absolute Gasteiger partial charge is 0.353 e. The van der Waals surface area contributed by atoms with Gasteiger partial charge in [0.25, 0.3) is 0 Å². The third-order valence-electron chi connectivity index (χ3n) is 7.46. The second-order valence-corrected chi connectivity index (χ2v) is 10.7. The van der Waals surface area contributed by atoms with Crippen molar-refractivity contribution in [1.29, 1.82) is 0 Å². The number of anilines is 3. The summed E-state index contributed by atoms with van der Waals surface area (Å²) in [5.74, 6) is 2.11. The number of fused-ring (bicyclic) bond motifs is 4. The van der Waals surface area contributed by atoms with Gasteiger partial charge in [0.2, 0.25) is 5.91 Å². The van der Waals surface area contributed by atoms with Crippen molar-refractivity contribution in [3.63, 3.8) is 0 Å². The van der Waals surface area contributed by atoms with Crippen molar-refractivity contribution >= 4 is 55.7 Å². The van der Waals surface area contributed by atoms with Crippen LogP contribution in [0, 0.1) is 5.92 Å². The van der Waals surface area contributed by atoms with E-state index >= 15 is 0 Å². The predicted octanol–water partition coefficient (Wildman–Crippen LogP) is 4.16. The molecule has 5 aromatic rings. The van der Waals surface area contributed by atoms with E-state index in [0.717, 1.165) is 83.9 Å². The molecular formula is C27H26N8OS. The molecule has 186 valence electrons. The van der Waals surface area contributed by atoms with Gasteiger partial charge in [-0.25, -0.2) is 15.0 Å². The topological polar surface area (TPSA) is 103 Å². The van der Waals surface area contributed by atoms with E-state index < -0.39 is 0 Å². The molecule has 37 heavy (non-hydrogen) atoms. The number of aromatic nitrogens is 5. The fourth-order valence-corrected chi connectivity index (χ4v) is 6.79. The van der Waals surface area contributed by atoms with E-state index in [-0.39, 0.29) is 11.8 Å². The van der Waals surface area contributed by atoms with Gasteiger partial charge < -0.3 is 15.1 Å². The summed E-state index contributed by atoms with van der Waals surface area (Å²) in [6, 6.07) is 12.1. The van der Waals surface area contributed by atoms with Crippen LogP contribution in [0.3, 0.4) is 0 Å². The average molecular weight is 511 g/mol. The number of pyridine rings is 1. The molecule has 0 bridgehead atoms. The molecule has 1 unspecified atom stereocenters. The molecule has 2 N–H and O–H groups in total. The fraction of sp³-hybridized carbons (Fsp3) is 0.296. The van der Waals surface area contributed by atoms with Gasteiger partial charge in [-0.3, -0.25) is 9.89 Å². The molecule has 4 aromatic heterocycles. The maximum absolute atomic E-state index is 13.5. The number of nitrogens with zero attached hydrogens (tertiary/aromatic N) is 6. The fourth-order valence-electron chi connectivity index (χ4n) is 5.53. The van der Waals surface area contributed by atoms with Crippen molar-refractivity contribution in [1.82, 2.24) is 30.0 Å². The van der Waals surface area contributed by atoms with Gasteiger partial charge in [-0.1, -0.05) is 6.07 Å². The number of amides is 1. The number of carbonyl (C=O) groups excluding carboxylic acids is 1. The number of hydrogen-bond donors (Lipinski definition) is 2. The molecule has 5 heterocycles. The number of thiophene rings is 1. The summed E-state index contributed by atoms with van der Waals surface area (Å²) in [5, 5.41) is 12.7. The third kappa shape index (κ3) is 4.07. The number of rotatable bonds is 4. The van der Waals surface area contributed by atoms with E-state index in [1.807, 2.05) is 47.6 Å². The number of hydrogen-bond acceptors (Lipinski definition) is 8. The molecule has 0 saturated carbocycles. The zero-order valence-corrected chi connectivity index (χ0v) is 21.0. The summed E-state index contributed by atoms with van der Waals surface area (Å²) in [6.45, 7) is 3.12. The van der Waals surface area contributed by atoms with Gasteiger partial charge in [-0.15, -0.1) is 11.3 Å². The van der Waals surface area contributed by atoms with Crippen LogP contribution in [0.25, 0.3) is 21.1 Å². The van der Waals surface area contributed by atoms with Crippen LogP contribution in [0.1, 0.15) is 16.9 Å². The molecule has 2 aliphatic rings. The number of aromatic amines is 1. The van der Waals surface area contributed by atoms with Gasteiger partial charge in [0.1, 0.15) is 22.8 Å². The number of H-pyrrole nitrogens is 1. The van der Waals surface area contributed by atoms with Gasteiger partial charge in [0, 0.05) is 54.2 Å². The van der Waals surface area contributed by atoms with E-state index in [4.69, 9.17) is 0 Å². The second-order valence-electron chi connectivity index (χ2n) is 9.64. The van der Waals surface area contributed by atoms with E-state index in [0.29, 0.717) is 0 Å². The van der Waals surface area contributed by atoms with Crippen LogP contribution in [0.15, 0.2) is 55.1 Å². The van der Waals surface area contributed by atoms with Crippen molar-refractivity contribution in [3.05, 3.63) is 65.6 Å². The molecule has 1 fully saturated rings. The van der Waals surface area contributed by atoms with E-state index in [9.17, 15) is 4.79 Å². The Bertz CT molecular complexity index is 1590. The summed E-state index contributed by atoms with van der Waals surface area (Å²) >= 11 is 1.70. The summed E-state index contributed by atoms with van der Waals surface area (Å²) in [5.41, 5.74) is 3.25. The Kier molecular flexibility index (Phi) is 5.46. The minimum absolute atomic E-state index is 0.0230. The van der Waals surface area contributed by atoms with Crippen molar-refractivity contribution < 1.29 is 4.79 Å².